The van der Waals surface area contributed by atoms with Crippen LogP contribution in [0.1, 0.15) is 31.4 Å². The highest BCUT2D eigenvalue weighted by Gasteiger charge is 2.37. The smallest absolute Gasteiger partial charge is 0.280 e. The second kappa shape index (κ2) is 4.60. The number of rotatable bonds is 0. The zero-order chi connectivity index (χ0) is 11.5. The lowest BCUT2D eigenvalue weighted by Crippen LogP contribution is -2.24. The predicted molar refractivity (Wildman–Crippen MR) is 56.5 cm³/mol. The normalized spacial score (nSPS) is 16.9. The molecule has 0 fully saturated rings. The van der Waals surface area contributed by atoms with Crippen LogP contribution in [-0.4, -0.2) is 6.61 Å². The first kappa shape index (κ1) is 12.0. The Hall–Kier alpha value is -1.12. The first-order chi connectivity index (χ1) is 7.09. The lowest BCUT2D eigenvalue weighted by Gasteiger charge is -2.25. The number of hydrogen-bond acceptors (Lipinski definition) is 1. The molecule has 84 valence electrons. The van der Waals surface area contributed by atoms with Crippen LogP contribution in [0.15, 0.2) is 18.2 Å². The third-order valence-electron chi connectivity index (χ3n) is 2.20. The van der Waals surface area contributed by atoms with Crippen molar-refractivity contribution in [3.63, 3.8) is 0 Å². The molecule has 0 radical (unpaired) electrons. The number of benzene rings is 1. The van der Waals surface area contributed by atoms with Crippen LogP contribution in [0.5, 0.6) is 5.75 Å². The summed E-state index contributed by atoms with van der Waals surface area (Å²) in [4.78, 5) is 0. The molecule has 0 aromatic heterocycles. The maximum absolute atomic E-state index is 13.3. The summed E-state index contributed by atoms with van der Waals surface area (Å²) in [6.45, 7) is 5.90. The highest BCUT2D eigenvalue weighted by atomic mass is 19.3. The summed E-state index contributed by atoms with van der Waals surface area (Å²) in [6, 6.07) is 4.88. The van der Waals surface area contributed by atoms with E-state index < -0.39 is 5.92 Å². The number of aryl methyl sites for hydroxylation is 1. The van der Waals surface area contributed by atoms with Crippen LogP contribution in [0.25, 0.3) is 0 Å². The average Bonchev–Trinajstić information content (AvgIpc) is 2.22. The fourth-order valence-electron chi connectivity index (χ4n) is 1.48. The maximum Gasteiger partial charge on any atom is 0.280 e. The van der Waals surface area contributed by atoms with Crippen molar-refractivity contribution >= 4 is 0 Å². The van der Waals surface area contributed by atoms with Crippen molar-refractivity contribution in [2.45, 2.75) is 33.1 Å². The molecule has 1 aliphatic heterocycles. The predicted octanol–water partition coefficient (Wildman–Crippen LogP) is 3.90. The summed E-state index contributed by atoms with van der Waals surface area (Å²) >= 11 is 0. The van der Waals surface area contributed by atoms with Gasteiger partial charge in [0.2, 0.25) is 0 Å². The van der Waals surface area contributed by atoms with Gasteiger partial charge in [-0.25, -0.2) is 8.78 Å². The van der Waals surface area contributed by atoms with Gasteiger partial charge in [-0.1, -0.05) is 25.5 Å². The minimum atomic E-state index is -2.72. The number of halogens is 2. The Morgan fingerprint density at radius 3 is 2.60 bits per heavy atom. The Balaban J connectivity index is 0.000000531. The molecule has 0 saturated carbocycles. The average molecular weight is 214 g/mol. The molecule has 0 unspecified atom stereocenters. The minimum Gasteiger partial charge on any atom is -0.493 e. The minimum absolute atomic E-state index is 0.0266. The van der Waals surface area contributed by atoms with Gasteiger partial charge in [0.05, 0.1) is 18.6 Å². The molecule has 1 aliphatic rings. The first-order valence-corrected chi connectivity index (χ1v) is 5.21. The number of alkyl halides is 2. The monoisotopic (exact) mass is 214 g/mol. The van der Waals surface area contributed by atoms with E-state index in [0.717, 1.165) is 5.56 Å². The van der Waals surface area contributed by atoms with Crippen LogP contribution >= 0.6 is 0 Å². The van der Waals surface area contributed by atoms with Gasteiger partial charge in [-0.15, -0.1) is 0 Å². The molecule has 1 aromatic carbocycles. The number of hydrogen-bond donors (Lipinski definition) is 0. The van der Waals surface area contributed by atoms with Gasteiger partial charge in [0, 0.05) is 0 Å². The van der Waals surface area contributed by atoms with E-state index in [1.165, 1.54) is 6.07 Å². The van der Waals surface area contributed by atoms with Crippen LogP contribution < -0.4 is 4.74 Å². The van der Waals surface area contributed by atoms with E-state index in [1.54, 1.807) is 19.1 Å². The molecule has 0 N–H and O–H groups in total. The third kappa shape index (κ3) is 2.46. The summed E-state index contributed by atoms with van der Waals surface area (Å²) in [5, 5.41) is 0. The number of ether oxygens (including phenoxy) is 1. The SMILES string of the molecule is CC.Cc1ccc2c(c1)C(F)(F)CCO2. The molecule has 0 atom stereocenters. The van der Waals surface area contributed by atoms with E-state index in [9.17, 15) is 8.78 Å². The molecule has 3 heteroatoms. The van der Waals surface area contributed by atoms with Gasteiger partial charge >= 0.3 is 0 Å². The van der Waals surface area contributed by atoms with Gasteiger partial charge in [-0.05, 0) is 19.1 Å². The van der Waals surface area contributed by atoms with Gasteiger partial charge in [0.15, 0.2) is 0 Å². The van der Waals surface area contributed by atoms with Crippen LogP contribution in [0.3, 0.4) is 0 Å². The molecule has 1 aromatic rings. The standard InChI is InChI=1S/C10H10F2O.C2H6/c1-7-2-3-9-8(6-7)10(11,12)4-5-13-9;1-2/h2-3,6H,4-5H2,1H3;1-2H3. The topological polar surface area (TPSA) is 9.23 Å². The van der Waals surface area contributed by atoms with E-state index >= 15 is 0 Å². The molecule has 0 saturated heterocycles. The fourth-order valence-corrected chi connectivity index (χ4v) is 1.48. The molecule has 0 bridgehead atoms. The Bertz CT molecular complexity index is 334. The molecule has 0 spiro atoms. The molecule has 1 nitrogen and oxygen atoms in total. The maximum atomic E-state index is 13.3. The highest BCUT2D eigenvalue weighted by Crippen LogP contribution is 2.41. The summed E-state index contributed by atoms with van der Waals surface area (Å²) in [7, 11) is 0. The van der Waals surface area contributed by atoms with Crippen LogP contribution in [-0.2, 0) is 5.92 Å². The highest BCUT2D eigenvalue weighted by molar-refractivity contribution is 5.41. The van der Waals surface area contributed by atoms with Crippen LogP contribution in [0.4, 0.5) is 8.78 Å². The largest absolute Gasteiger partial charge is 0.493 e. The van der Waals surface area contributed by atoms with Crippen molar-refractivity contribution in [1.82, 2.24) is 0 Å². The third-order valence-corrected chi connectivity index (χ3v) is 2.20. The summed E-state index contributed by atoms with van der Waals surface area (Å²) < 4.78 is 31.7. The van der Waals surface area contributed by atoms with Crippen molar-refractivity contribution in [1.29, 1.82) is 0 Å². The second-order valence-electron chi connectivity index (χ2n) is 3.30. The van der Waals surface area contributed by atoms with Crippen molar-refractivity contribution < 1.29 is 13.5 Å². The van der Waals surface area contributed by atoms with Gasteiger partial charge in [0.25, 0.3) is 5.92 Å². The summed E-state index contributed by atoms with van der Waals surface area (Å²) in [5.74, 6) is -2.40. The van der Waals surface area contributed by atoms with E-state index in [4.69, 9.17) is 4.74 Å². The van der Waals surface area contributed by atoms with Gasteiger partial charge in [0.1, 0.15) is 5.75 Å². The molecule has 15 heavy (non-hydrogen) atoms. The molecular weight excluding hydrogens is 198 g/mol. The Morgan fingerprint density at radius 2 is 1.93 bits per heavy atom. The van der Waals surface area contributed by atoms with E-state index in [-0.39, 0.29) is 18.6 Å². The van der Waals surface area contributed by atoms with E-state index in [0.29, 0.717) is 5.75 Å². The van der Waals surface area contributed by atoms with Gasteiger partial charge < -0.3 is 4.74 Å². The lowest BCUT2D eigenvalue weighted by atomic mass is 10.0. The Labute approximate surface area is 89.1 Å². The molecule has 0 amide bonds. The lowest BCUT2D eigenvalue weighted by molar-refractivity contribution is -0.0405. The Kier molecular flexibility index (Phi) is 3.66. The van der Waals surface area contributed by atoms with E-state index in [2.05, 4.69) is 0 Å². The molecule has 0 aliphatic carbocycles. The molecule has 1 heterocycles. The summed E-state index contributed by atoms with van der Waals surface area (Å²) in [5.41, 5.74) is 0.864. The van der Waals surface area contributed by atoms with Crippen molar-refractivity contribution in [2.24, 2.45) is 0 Å². The van der Waals surface area contributed by atoms with Gasteiger partial charge in [-0.3, -0.25) is 0 Å². The zero-order valence-electron chi connectivity index (χ0n) is 9.31. The second-order valence-corrected chi connectivity index (χ2v) is 3.30. The van der Waals surface area contributed by atoms with Crippen molar-refractivity contribution in [3.05, 3.63) is 29.3 Å². The molecular formula is C12H16F2O. The fraction of sp³-hybridized carbons (Fsp3) is 0.500. The van der Waals surface area contributed by atoms with Crippen LogP contribution in [0, 0.1) is 6.92 Å². The van der Waals surface area contributed by atoms with Crippen molar-refractivity contribution in [2.75, 3.05) is 6.61 Å². The van der Waals surface area contributed by atoms with Crippen LogP contribution in [0.2, 0.25) is 0 Å². The Morgan fingerprint density at radius 1 is 1.27 bits per heavy atom. The molecule has 2 rings (SSSR count). The summed E-state index contributed by atoms with van der Waals surface area (Å²) in [6.07, 6.45) is -0.219. The zero-order valence-corrected chi connectivity index (χ0v) is 9.31. The van der Waals surface area contributed by atoms with Gasteiger partial charge in [-0.2, -0.15) is 0 Å². The first-order valence-electron chi connectivity index (χ1n) is 5.21. The van der Waals surface area contributed by atoms with Crippen molar-refractivity contribution in [3.8, 4) is 5.75 Å². The quantitative estimate of drug-likeness (QED) is 0.636. The number of fused-ring (bicyclic) bond motifs is 1. The van der Waals surface area contributed by atoms with E-state index in [1.807, 2.05) is 13.8 Å².